The van der Waals surface area contributed by atoms with Crippen LogP contribution in [0.1, 0.15) is 10.7 Å². The Bertz CT molecular complexity index is 632. The summed E-state index contributed by atoms with van der Waals surface area (Å²) in [7, 11) is 0. The van der Waals surface area contributed by atoms with Crippen molar-refractivity contribution < 1.29 is 9.31 Å². The molecule has 0 aliphatic carbocycles. The molecule has 0 saturated carbocycles. The normalized spacial score (nSPS) is 10.5. The van der Waals surface area contributed by atoms with Gasteiger partial charge in [-0.15, -0.1) is 11.3 Å². The number of hydrogen-bond donors (Lipinski definition) is 1. The first-order valence-electron chi connectivity index (χ1n) is 5.25. The van der Waals surface area contributed by atoms with Gasteiger partial charge in [0.05, 0.1) is 25.7 Å². The Morgan fingerprint density at radius 1 is 1.58 bits per heavy atom. The molecular formula is C11H9FIN3O2S. The van der Waals surface area contributed by atoms with Crippen molar-refractivity contribution in [1.29, 1.82) is 0 Å². The minimum absolute atomic E-state index is 0.141. The number of anilines is 1. The Kier molecular flexibility index (Phi) is 4.30. The van der Waals surface area contributed by atoms with Crippen molar-refractivity contribution in [3.8, 4) is 0 Å². The first kappa shape index (κ1) is 14.1. The van der Waals surface area contributed by atoms with Gasteiger partial charge in [0.1, 0.15) is 11.5 Å². The highest BCUT2D eigenvalue weighted by molar-refractivity contribution is 14.1. The Morgan fingerprint density at radius 3 is 2.89 bits per heavy atom. The molecule has 5 nitrogen and oxygen atoms in total. The van der Waals surface area contributed by atoms with Gasteiger partial charge in [-0.25, -0.2) is 9.37 Å². The molecule has 1 heterocycles. The molecular weight excluding hydrogens is 384 g/mol. The average molecular weight is 393 g/mol. The minimum atomic E-state index is -0.532. The first-order valence-corrected chi connectivity index (χ1v) is 7.21. The third kappa shape index (κ3) is 3.38. The highest BCUT2D eigenvalue weighted by Gasteiger charge is 2.17. The fourth-order valence-electron chi connectivity index (χ4n) is 1.50. The van der Waals surface area contributed by atoms with Crippen molar-refractivity contribution in [2.75, 3.05) is 5.32 Å². The third-order valence-electron chi connectivity index (χ3n) is 2.36. The quantitative estimate of drug-likeness (QED) is 0.489. The maximum atomic E-state index is 13.5. The van der Waals surface area contributed by atoms with Crippen LogP contribution in [0.5, 0.6) is 0 Å². The molecule has 19 heavy (non-hydrogen) atoms. The zero-order valence-electron chi connectivity index (χ0n) is 9.81. The van der Waals surface area contributed by atoms with Gasteiger partial charge in [-0.05, 0) is 29.5 Å². The van der Waals surface area contributed by atoms with E-state index in [-0.39, 0.29) is 14.9 Å². The summed E-state index contributed by atoms with van der Waals surface area (Å²) < 4.78 is 13.7. The highest BCUT2D eigenvalue weighted by Crippen LogP contribution is 2.29. The van der Waals surface area contributed by atoms with Crippen LogP contribution in [0.2, 0.25) is 0 Å². The number of rotatable bonds is 4. The Hall–Kier alpha value is -1.29. The van der Waals surface area contributed by atoms with Crippen LogP contribution in [-0.4, -0.2) is 9.91 Å². The molecule has 0 atom stereocenters. The van der Waals surface area contributed by atoms with E-state index < -0.39 is 10.7 Å². The summed E-state index contributed by atoms with van der Waals surface area (Å²) in [5, 5.41) is 16.6. The maximum Gasteiger partial charge on any atom is 0.293 e. The predicted octanol–water partition coefficient (Wildman–Crippen LogP) is 3.72. The average Bonchev–Trinajstić information content (AvgIpc) is 2.76. The second-order valence-electron chi connectivity index (χ2n) is 3.75. The molecule has 0 radical (unpaired) electrons. The number of benzene rings is 1. The SMILES string of the molecule is Cc1nc(CNc2cc(F)c(I)cc2[N+](=O)[O-])cs1. The molecule has 1 N–H and O–H groups in total. The van der Waals surface area contributed by atoms with Crippen LogP contribution in [0, 0.1) is 26.4 Å². The van der Waals surface area contributed by atoms with Gasteiger partial charge in [0.15, 0.2) is 0 Å². The molecule has 2 aromatic rings. The largest absolute Gasteiger partial charge is 0.374 e. The molecule has 0 bridgehead atoms. The number of nitro benzene ring substituents is 1. The lowest BCUT2D eigenvalue weighted by Gasteiger charge is -2.06. The van der Waals surface area contributed by atoms with Gasteiger partial charge >= 0.3 is 0 Å². The predicted molar refractivity (Wildman–Crippen MR) is 79.9 cm³/mol. The lowest BCUT2D eigenvalue weighted by molar-refractivity contribution is -0.384. The van der Waals surface area contributed by atoms with E-state index in [9.17, 15) is 14.5 Å². The summed E-state index contributed by atoms with van der Waals surface area (Å²) in [6.07, 6.45) is 0. The number of halogens is 2. The van der Waals surface area contributed by atoms with Crippen molar-refractivity contribution in [3.05, 3.63) is 47.7 Å². The van der Waals surface area contributed by atoms with Crippen molar-refractivity contribution in [2.24, 2.45) is 0 Å². The van der Waals surface area contributed by atoms with Gasteiger partial charge in [-0.3, -0.25) is 10.1 Å². The van der Waals surface area contributed by atoms with Gasteiger partial charge in [0, 0.05) is 17.5 Å². The van der Waals surface area contributed by atoms with Gasteiger partial charge in [0.25, 0.3) is 5.69 Å². The molecule has 1 aromatic carbocycles. The third-order valence-corrected chi connectivity index (χ3v) is 4.01. The van der Waals surface area contributed by atoms with Crippen LogP contribution in [-0.2, 0) is 6.54 Å². The number of nitrogens with one attached hydrogen (secondary N) is 1. The summed E-state index contributed by atoms with van der Waals surface area (Å²) in [6, 6.07) is 2.35. The molecule has 2 rings (SSSR count). The molecule has 0 saturated heterocycles. The van der Waals surface area contributed by atoms with Crippen molar-refractivity contribution >= 4 is 45.3 Å². The topological polar surface area (TPSA) is 68.1 Å². The van der Waals surface area contributed by atoms with Crippen LogP contribution in [0.3, 0.4) is 0 Å². The Labute approximate surface area is 126 Å². The van der Waals surface area contributed by atoms with Crippen LogP contribution in [0.25, 0.3) is 0 Å². The second-order valence-corrected chi connectivity index (χ2v) is 5.98. The molecule has 1 aromatic heterocycles. The van der Waals surface area contributed by atoms with E-state index >= 15 is 0 Å². The number of aromatic nitrogens is 1. The number of thiazole rings is 1. The van der Waals surface area contributed by atoms with Crippen LogP contribution >= 0.6 is 33.9 Å². The number of hydrogen-bond acceptors (Lipinski definition) is 5. The lowest BCUT2D eigenvalue weighted by atomic mass is 10.2. The molecule has 0 amide bonds. The molecule has 8 heteroatoms. The number of nitrogens with zero attached hydrogens (tertiary/aromatic N) is 2. The van der Waals surface area contributed by atoms with E-state index in [2.05, 4.69) is 10.3 Å². The van der Waals surface area contributed by atoms with E-state index in [1.54, 1.807) is 22.6 Å². The fraction of sp³-hybridized carbons (Fsp3) is 0.182. The molecule has 0 unspecified atom stereocenters. The summed E-state index contributed by atoms with van der Waals surface area (Å²) >= 11 is 3.22. The van der Waals surface area contributed by atoms with Gasteiger partial charge in [-0.2, -0.15) is 0 Å². The van der Waals surface area contributed by atoms with Gasteiger partial charge in [0.2, 0.25) is 0 Å². The van der Waals surface area contributed by atoms with Crippen molar-refractivity contribution in [3.63, 3.8) is 0 Å². The van der Waals surface area contributed by atoms with E-state index in [1.807, 2.05) is 12.3 Å². The van der Waals surface area contributed by atoms with Crippen LogP contribution in [0.15, 0.2) is 17.5 Å². The maximum absolute atomic E-state index is 13.5. The fourth-order valence-corrected chi connectivity index (χ4v) is 2.57. The smallest absolute Gasteiger partial charge is 0.293 e. The zero-order chi connectivity index (χ0) is 14.0. The Morgan fingerprint density at radius 2 is 2.32 bits per heavy atom. The second kappa shape index (κ2) is 5.78. The molecule has 100 valence electrons. The standard InChI is InChI=1S/C11H9FIN3O2S/c1-6-15-7(5-19-6)4-14-10-2-8(12)9(13)3-11(10)16(17)18/h2-3,5,14H,4H2,1H3. The first-order chi connectivity index (χ1) is 8.97. The van der Waals surface area contributed by atoms with E-state index in [4.69, 9.17) is 0 Å². The summed E-state index contributed by atoms with van der Waals surface area (Å²) in [5.74, 6) is -0.483. The highest BCUT2D eigenvalue weighted by atomic mass is 127. The monoisotopic (exact) mass is 393 g/mol. The molecule has 0 fully saturated rings. The summed E-state index contributed by atoms with van der Waals surface area (Å²) in [6.45, 7) is 2.20. The number of nitro groups is 1. The molecule has 0 spiro atoms. The van der Waals surface area contributed by atoms with Gasteiger partial charge < -0.3 is 5.32 Å². The zero-order valence-corrected chi connectivity index (χ0v) is 12.8. The van der Waals surface area contributed by atoms with Crippen LogP contribution in [0.4, 0.5) is 15.8 Å². The van der Waals surface area contributed by atoms with E-state index in [0.717, 1.165) is 16.8 Å². The van der Waals surface area contributed by atoms with E-state index in [1.165, 1.54) is 17.4 Å². The summed E-state index contributed by atoms with van der Waals surface area (Å²) in [5.41, 5.74) is 0.794. The molecule has 0 aliphatic rings. The van der Waals surface area contributed by atoms with Crippen LogP contribution < -0.4 is 5.32 Å². The molecule has 0 aliphatic heterocycles. The van der Waals surface area contributed by atoms with Crippen molar-refractivity contribution in [2.45, 2.75) is 13.5 Å². The van der Waals surface area contributed by atoms with Gasteiger partial charge in [-0.1, -0.05) is 0 Å². The minimum Gasteiger partial charge on any atom is -0.374 e. The lowest BCUT2D eigenvalue weighted by Crippen LogP contribution is -2.04. The number of aryl methyl sites for hydroxylation is 1. The summed E-state index contributed by atoms with van der Waals surface area (Å²) in [4.78, 5) is 14.6. The van der Waals surface area contributed by atoms with E-state index in [0.29, 0.717) is 6.54 Å². The Balaban J connectivity index is 2.23. The van der Waals surface area contributed by atoms with Crippen molar-refractivity contribution in [1.82, 2.24) is 4.98 Å².